The Balaban J connectivity index is 1.32. The van der Waals surface area contributed by atoms with Crippen molar-refractivity contribution in [3.8, 4) is 0 Å². The van der Waals surface area contributed by atoms with Crippen molar-refractivity contribution in [3.05, 3.63) is 59.7 Å². The summed E-state index contributed by atoms with van der Waals surface area (Å²) in [5.74, 6) is 0.640. The Hall–Kier alpha value is -2.37. The molecule has 1 atom stereocenters. The van der Waals surface area contributed by atoms with Gasteiger partial charge in [0.2, 0.25) is 0 Å². The van der Waals surface area contributed by atoms with Gasteiger partial charge in [0.25, 0.3) is 5.91 Å². The van der Waals surface area contributed by atoms with Gasteiger partial charge in [-0.2, -0.15) is 0 Å². The first-order valence-electron chi connectivity index (χ1n) is 11.2. The molecule has 1 amide bonds. The number of ether oxygens (including phenoxy) is 1. The molecule has 1 saturated heterocycles. The summed E-state index contributed by atoms with van der Waals surface area (Å²) < 4.78 is 5.42. The van der Waals surface area contributed by atoms with E-state index in [4.69, 9.17) is 4.74 Å². The molecule has 0 bridgehead atoms. The highest BCUT2D eigenvalue weighted by Crippen LogP contribution is 2.20. The van der Waals surface area contributed by atoms with Crippen molar-refractivity contribution in [2.45, 2.75) is 45.2 Å². The van der Waals surface area contributed by atoms with Crippen LogP contribution in [-0.2, 0) is 16.1 Å². The molecule has 2 aromatic carbocycles. The minimum Gasteiger partial charge on any atom is -0.378 e. The monoisotopic (exact) mass is 408 g/mol. The van der Waals surface area contributed by atoms with E-state index in [1.807, 2.05) is 12.1 Å². The summed E-state index contributed by atoms with van der Waals surface area (Å²) in [6.45, 7) is 9.25. The van der Waals surface area contributed by atoms with Crippen LogP contribution in [-0.4, -0.2) is 44.8 Å². The van der Waals surface area contributed by atoms with E-state index in [1.165, 1.54) is 34.6 Å². The molecule has 160 valence electrons. The second-order valence-electron chi connectivity index (χ2n) is 8.88. The predicted molar refractivity (Wildman–Crippen MR) is 121 cm³/mol. The maximum Gasteiger partial charge on any atom is 0.279 e. The zero-order valence-corrected chi connectivity index (χ0v) is 18.2. The number of nitrogens with one attached hydrogen (secondary N) is 2. The molecule has 0 radical (unpaired) electrons. The first-order chi connectivity index (χ1) is 14.6. The standard InChI is InChI=1S/C25H33N3O2/c1-19(2)21-5-3-20(4-6-21)17-28(24-11-12-24)18-25(29)26-22-7-9-23(10-8-22)27-13-15-30-16-14-27/h3-10,19,24H,11-18H2,1-2H3,(H,26,29)/p+1. The van der Waals surface area contributed by atoms with E-state index in [1.54, 1.807) is 0 Å². The first-order valence-corrected chi connectivity index (χ1v) is 11.2. The minimum atomic E-state index is 0.0924. The van der Waals surface area contributed by atoms with Gasteiger partial charge in [-0.3, -0.25) is 4.79 Å². The molecule has 4 rings (SSSR count). The van der Waals surface area contributed by atoms with Gasteiger partial charge in [-0.05, 0) is 35.7 Å². The molecule has 2 aromatic rings. The molecule has 2 aliphatic rings. The lowest BCUT2D eigenvalue weighted by Gasteiger charge is -2.28. The van der Waals surface area contributed by atoms with Gasteiger partial charge < -0.3 is 19.9 Å². The lowest BCUT2D eigenvalue weighted by molar-refractivity contribution is -0.916. The zero-order valence-electron chi connectivity index (χ0n) is 18.2. The molecular weight excluding hydrogens is 374 g/mol. The second-order valence-corrected chi connectivity index (χ2v) is 8.88. The fraction of sp³-hybridized carbons (Fsp3) is 0.480. The molecule has 0 spiro atoms. The van der Waals surface area contributed by atoms with Gasteiger partial charge in [0.1, 0.15) is 6.54 Å². The van der Waals surface area contributed by atoms with Crippen LogP contribution in [0.3, 0.4) is 0 Å². The van der Waals surface area contributed by atoms with Crippen molar-refractivity contribution in [1.82, 2.24) is 0 Å². The van der Waals surface area contributed by atoms with E-state index in [0.29, 0.717) is 18.5 Å². The fourth-order valence-electron chi connectivity index (χ4n) is 4.11. The second kappa shape index (κ2) is 9.63. The molecule has 1 heterocycles. The van der Waals surface area contributed by atoms with Gasteiger partial charge in [-0.25, -0.2) is 0 Å². The maximum absolute atomic E-state index is 12.7. The van der Waals surface area contributed by atoms with Crippen LogP contribution in [0.15, 0.2) is 48.5 Å². The number of quaternary nitrogens is 1. The van der Waals surface area contributed by atoms with Gasteiger partial charge in [-0.15, -0.1) is 0 Å². The number of rotatable bonds is 8. The topological polar surface area (TPSA) is 46.0 Å². The number of morpholine rings is 1. The molecule has 2 N–H and O–H groups in total. The first kappa shape index (κ1) is 20.9. The molecule has 1 saturated carbocycles. The number of carbonyl (C=O) groups excluding carboxylic acids is 1. The molecule has 5 nitrogen and oxygen atoms in total. The van der Waals surface area contributed by atoms with Crippen LogP contribution in [0.1, 0.15) is 43.7 Å². The summed E-state index contributed by atoms with van der Waals surface area (Å²) in [5, 5.41) is 3.09. The molecule has 2 fully saturated rings. The Morgan fingerprint density at radius 2 is 1.73 bits per heavy atom. The van der Waals surface area contributed by atoms with Crippen LogP contribution < -0.4 is 15.1 Å². The number of nitrogens with zero attached hydrogens (tertiary/aromatic N) is 1. The van der Waals surface area contributed by atoms with Crippen LogP contribution >= 0.6 is 0 Å². The highest BCUT2D eigenvalue weighted by Gasteiger charge is 2.34. The van der Waals surface area contributed by atoms with Gasteiger partial charge in [0.15, 0.2) is 6.54 Å². The number of hydrogen-bond donors (Lipinski definition) is 2. The number of carbonyl (C=O) groups is 1. The van der Waals surface area contributed by atoms with Gasteiger partial charge >= 0.3 is 0 Å². The molecule has 0 aromatic heterocycles. The van der Waals surface area contributed by atoms with Crippen LogP contribution in [0.2, 0.25) is 0 Å². The van der Waals surface area contributed by atoms with E-state index in [0.717, 1.165) is 38.5 Å². The third kappa shape index (κ3) is 5.61. The summed E-state index contributed by atoms with van der Waals surface area (Å²) in [6, 6.07) is 17.7. The van der Waals surface area contributed by atoms with Crippen molar-refractivity contribution in [3.63, 3.8) is 0 Å². The van der Waals surface area contributed by atoms with E-state index in [9.17, 15) is 4.79 Å². The predicted octanol–water partition coefficient (Wildman–Crippen LogP) is 2.83. The van der Waals surface area contributed by atoms with Gasteiger partial charge in [-0.1, -0.05) is 38.1 Å². The highest BCUT2D eigenvalue weighted by atomic mass is 16.5. The lowest BCUT2D eigenvalue weighted by Crippen LogP contribution is -3.13. The smallest absolute Gasteiger partial charge is 0.279 e. The van der Waals surface area contributed by atoms with Crippen molar-refractivity contribution < 1.29 is 14.4 Å². The zero-order chi connectivity index (χ0) is 20.9. The fourth-order valence-corrected chi connectivity index (χ4v) is 4.11. The molecule has 1 aliphatic heterocycles. The van der Waals surface area contributed by atoms with Crippen molar-refractivity contribution >= 4 is 17.3 Å². The van der Waals surface area contributed by atoms with Crippen molar-refractivity contribution in [2.24, 2.45) is 0 Å². The van der Waals surface area contributed by atoms with Crippen molar-refractivity contribution in [2.75, 3.05) is 43.1 Å². The molecule has 5 heteroatoms. The van der Waals surface area contributed by atoms with Crippen LogP contribution in [0.5, 0.6) is 0 Å². The van der Waals surface area contributed by atoms with Gasteiger partial charge in [0, 0.05) is 42.9 Å². The lowest BCUT2D eigenvalue weighted by atomic mass is 10.0. The van der Waals surface area contributed by atoms with Gasteiger partial charge in [0.05, 0.1) is 19.3 Å². The van der Waals surface area contributed by atoms with E-state index >= 15 is 0 Å². The Kier molecular flexibility index (Phi) is 6.70. The minimum absolute atomic E-state index is 0.0924. The summed E-state index contributed by atoms with van der Waals surface area (Å²) in [5.41, 5.74) is 4.73. The quantitative estimate of drug-likeness (QED) is 0.706. The number of amides is 1. The van der Waals surface area contributed by atoms with E-state index < -0.39 is 0 Å². The summed E-state index contributed by atoms with van der Waals surface area (Å²) in [6.07, 6.45) is 2.45. The number of hydrogen-bond acceptors (Lipinski definition) is 3. The normalized spacial score (nSPS) is 17.8. The Morgan fingerprint density at radius 1 is 1.07 bits per heavy atom. The van der Waals surface area contributed by atoms with E-state index in [-0.39, 0.29) is 5.91 Å². The Labute approximate surface area is 180 Å². The Morgan fingerprint density at radius 3 is 2.33 bits per heavy atom. The number of anilines is 2. The highest BCUT2D eigenvalue weighted by molar-refractivity contribution is 5.91. The molecule has 30 heavy (non-hydrogen) atoms. The summed E-state index contributed by atoms with van der Waals surface area (Å²) in [7, 11) is 0. The van der Waals surface area contributed by atoms with Crippen LogP contribution in [0.4, 0.5) is 11.4 Å². The van der Waals surface area contributed by atoms with Crippen LogP contribution in [0, 0.1) is 0 Å². The van der Waals surface area contributed by atoms with E-state index in [2.05, 4.69) is 60.5 Å². The number of benzene rings is 2. The SMILES string of the molecule is CC(C)c1ccc(C[NH+](CC(=O)Nc2ccc(N3CCOCC3)cc2)C2CC2)cc1. The molecule has 1 aliphatic carbocycles. The molecular formula is C25H34N3O2+. The summed E-state index contributed by atoms with van der Waals surface area (Å²) in [4.78, 5) is 16.4. The third-order valence-corrected chi connectivity index (χ3v) is 6.15. The average Bonchev–Trinajstić information content (AvgIpc) is 3.60. The third-order valence-electron chi connectivity index (χ3n) is 6.15. The maximum atomic E-state index is 12.7. The average molecular weight is 409 g/mol. The van der Waals surface area contributed by atoms with Crippen LogP contribution in [0.25, 0.3) is 0 Å². The van der Waals surface area contributed by atoms with Crippen molar-refractivity contribution in [1.29, 1.82) is 0 Å². The Bertz CT molecular complexity index is 822. The largest absolute Gasteiger partial charge is 0.378 e. The summed E-state index contributed by atoms with van der Waals surface area (Å²) >= 11 is 0. The molecule has 1 unspecified atom stereocenters.